The molecule has 0 unspecified atom stereocenters. The lowest BCUT2D eigenvalue weighted by Gasteiger charge is -2.25. The first-order chi connectivity index (χ1) is 8.04. The second kappa shape index (κ2) is 4.81. The predicted octanol–water partition coefficient (Wildman–Crippen LogP) is 0.938. The van der Waals surface area contributed by atoms with Crippen LogP contribution >= 0.6 is 11.6 Å². The van der Waals surface area contributed by atoms with Gasteiger partial charge in [0.1, 0.15) is 5.82 Å². The monoisotopic (exact) mass is 256 g/mol. The summed E-state index contributed by atoms with van der Waals surface area (Å²) in [5, 5.41) is 2.25. The number of nitrogens with zero attached hydrogens (tertiary/aromatic N) is 1. The van der Waals surface area contributed by atoms with Gasteiger partial charge in [-0.2, -0.15) is 0 Å². The van der Waals surface area contributed by atoms with E-state index in [1.54, 1.807) is 11.0 Å². The van der Waals surface area contributed by atoms with Gasteiger partial charge in [-0.25, -0.2) is 4.39 Å². The van der Waals surface area contributed by atoms with Gasteiger partial charge in [0.2, 0.25) is 11.8 Å². The average molecular weight is 257 g/mol. The van der Waals surface area contributed by atoms with E-state index in [-0.39, 0.29) is 29.9 Å². The first-order valence-corrected chi connectivity index (χ1v) is 5.41. The molecule has 1 aromatic carbocycles. The van der Waals surface area contributed by atoms with Gasteiger partial charge in [0.05, 0.1) is 18.1 Å². The van der Waals surface area contributed by atoms with Crippen LogP contribution in [-0.4, -0.2) is 29.8 Å². The number of nitrogens with one attached hydrogen (secondary N) is 1. The van der Waals surface area contributed by atoms with Crippen molar-refractivity contribution in [1.29, 1.82) is 0 Å². The largest absolute Gasteiger partial charge is 0.294 e. The average Bonchev–Trinajstić information content (AvgIpc) is 2.22. The van der Waals surface area contributed by atoms with E-state index in [0.29, 0.717) is 6.54 Å². The van der Waals surface area contributed by atoms with Crippen molar-refractivity contribution in [3.63, 3.8) is 0 Å². The fraction of sp³-hybridized carbons (Fsp3) is 0.273. The molecule has 0 bridgehead atoms. The Balaban J connectivity index is 2.07. The standard InChI is InChI=1S/C11H10ClFN2O2/c12-8-3-7(1-2-9(8)13)4-15-5-10(16)14-11(17)6-15/h1-3H,4-6H2,(H,14,16,17). The summed E-state index contributed by atoms with van der Waals surface area (Å²) in [6.07, 6.45) is 0. The minimum Gasteiger partial charge on any atom is -0.294 e. The molecule has 1 N–H and O–H groups in total. The van der Waals surface area contributed by atoms with E-state index >= 15 is 0 Å². The van der Waals surface area contributed by atoms with Gasteiger partial charge in [-0.15, -0.1) is 0 Å². The van der Waals surface area contributed by atoms with E-state index in [9.17, 15) is 14.0 Å². The molecule has 0 aromatic heterocycles. The summed E-state index contributed by atoms with van der Waals surface area (Å²) in [6.45, 7) is 0.695. The smallest absolute Gasteiger partial charge is 0.240 e. The quantitative estimate of drug-likeness (QED) is 0.801. The van der Waals surface area contributed by atoms with Crippen molar-refractivity contribution < 1.29 is 14.0 Å². The molecule has 6 heteroatoms. The van der Waals surface area contributed by atoms with Crippen LogP contribution in [0.4, 0.5) is 4.39 Å². The number of halogens is 2. The van der Waals surface area contributed by atoms with Gasteiger partial charge in [0, 0.05) is 6.54 Å². The molecule has 1 aliphatic heterocycles. The molecule has 0 saturated carbocycles. The second-order valence-corrected chi connectivity index (χ2v) is 4.27. The molecule has 1 aliphatic rings. The third kappa shape index (κ3) is 3.01. The molecule has 0 aliphatic carbocycles. The van der Waals surface area contributed by atoms with Crippen LogP contribution in [0.5, 0.6) is 0 Å². The third-order valence-corrected chi connectivity index (χ3v) is 2.69. The number of benzene rings is 1. The van der Waals surface area contributed by atoms with E-state index in [4.69, 9.17) is 11.6 Å². The number of amides is 2. The van der Waals surface area contributed by atoms with Crippen molar-refractivity contribution in [2.75, 3.05) is 13.1 Å². The molecule has 2 rings (SSSR count). The van der Waals surface area contributed by atoms with Crippen LogP contribution in [0.25, 0.3) is 0 Å². The topological polar surface area (TPSA) is 49.4 Å². The molecule has 1 fully saturated rings. The molecular formula is C11H10ClFN2O2. The summed E-state index contributed by atoms with van der Waals surface area (Å²) >= 11 is 5.65. The van der Waals surface area contributed by atoms with Crippen molar-refractivity contribution in [1.82, 2.24) is 10.2 Å². The van der Waals surface area contributed by atoms with Crippen LogP contribution in [0, 0.1) is 5.82 Å². The number of rotatable bonds is 2. The zero-order valence-corrected chi connectivity index (χ0v) is 9.63. The fourth-order valence-corrected chi connectivity index (χ4v) is 1.91. The molecule has 0 radical (unpaired) electrons. The molecule has 1 heterocycles. The first-order valence-electron chi connectivity index (χ1n) is 5.03. The number of piperazine rings is 1. The Bertz CT molecular complexity index is 463. The van der Waals surface area contributed by atoms with Crippen LogP contribution in [0.1, 0.15) is 5.56 Å². The van der Waals surface area contributed by atoms with Crippen molar-refractivity contribution in [3.8, 4) is 0 Å². The molecule has 1 aromatic rings. The van der Waals surface area contributed by atoms with Gasteiger partial charge in [-0.3, -0.25) is 19.8 Å². The highest BCUT2D eigenvalue weighted by atomic mass is 35.5. The summed E-state index contributed by atoms with van der Waals surface area (Å²) in [5.74, 6) is -1.13. The Morgan fingerprint density at radius 2 is 1.94 bits per heavy atom. The van der Waals surface area contributed by atoms with Crippen molar-refractivity contribution in [2.24, 2.45) is 0 Å². The van der Waals surface area contributed by atoms with Gasteiger partial charge in [0.15, 0.2) is 0 Å². The van der Waals surface area contributed by atoms with E-state index < -0.39 is 5.82 Å². The Hall–Kier alpha value is -1.46. The number of carbonyl (C=O) groups excluding carboxylic acids is 2. The molecule has 1 saturated heterocycles. The van der Waals surface area contributed by atoms with Crippen LogP contribution in [0.15, 0.2) is 18.2 Å². The lowest BCUT2D eigenvalue weighted by atomic mass is 10.2. The van der Waals surface area contributed by atoms with E-state index in [2.05, 4.69) is 5.32 Å². The number of imide groups is 1. The number of hydrogen-bond donors (Lipinski definition) is 1. The van der Waals surface area contributed by atoms with E-state index in [1.807, 2.05) is 0 Å². The van der Waals surface area contributed by atoms with Crippen molar-refractivity contribution in [3.05, 3.63) is 34.6 Å². The molecule has 4 nitrogen and oxygen atoms in total. The summed E-state index contributed by atoms with van der Waals surface area (Å²) in [4.78, 5) is 23.9. The molecule has 17 heavy (non-hydrogen) atoms. The van der Waals surface area contributed by atoms with Gasteiger partial charge < -0.3 is 0 Å². The molecule has 0 atom stereocenters. The Morgan fingerprint density at radius 3 is 2.53 bits per heavy atom. The summed E-state index contributed by atoms with van der Waals surface area (Å²) in [7, 11) is 0. The highest BCUT2D eigenvalue weighted by Crippen LogP contribution is 2.17. The summed E-state index contributed by atoms with van der Waals surface area (Å²) in [5.41, 5.74) is 0.763. The summed E-state index contributed by atoms with van der Waals surface area (Å²) in [6, 6.07) is 4.34. The normalized spacial score (nSPS) is 17.1. The number of carbonyl (C=O) groups is 2. The van der Waals surface area contributed by atoms with E-state index in [0.717, 1.165) is 5.56 Å². The summed E-state index contributed by atoms with van der Waals surface area (Å²) < 4.78 is 12.9. The molecule has 0 spiro atoms. The van der Waals surface area contributed by atoms with Crippen LogP contribution in [-0.2, 0) is 16.1 Å². The minimum absolute atomic E-state index is 0.0373. The first kappa shape index (κ1) is 12.0. The Labute approximate surface area is 102 Å². The van der Waals surface area contributed by atoms with E-state index in [1.165, 1.54) is 12.1 Å². The van der Waals surface area contributed by atoms with Crippen LogP contribution < -0.4 is 5.32 Å². The van der Waals surface area contributed by atoms with Crippen molar-refractivity contribution >= 4 is 23.4 Å². The minimum atomic E-state index is -0.483. The maximum Gasteiger partial charge on any atom is 0.240 e. The zero-order chi connectivity index (χ0) is 12.4. The fourth-order valence-electron chi connectivity index (χ4n) is 1.70. The maximum atomic E-state index is 12.9. The molecular weight excluding hydrogens is 247 g/mol. The predicted molar refractivity (Wildman–Crippen MR) is 59.8 cm³/mol. The second-order valence-electron chi connectivity index (χ2n) is 3.86. The highest BCUT2D eigenvalue weighted by molar-refractivity contribution is 6.30. The van der Waals surface area contributed by atoms with Gasteiger partial charge in [-0.1, -0.05) is 17.7 Å². The van der Waals surface area contributed by atoms with Crippen molar-refractivity contribution in [2.45, 2.75) is 6.54 Å². The Morgan fingerprint density at radius 1 is 1.29 bits per heavy atom. The lowest BCUT2D eigenvalue weighted by Crippen LogP contribution is -2.50. The van der Waals surface area contributed by atoms with Gasteiger partial charge in [-0.05, 0) is 17.7 Å². The Kier molecular flexibility index (Phi) is 3.40. The molecule has 90 valence electrons. The SMILES string of the molecule is O=C1CN(Cc2ccc(F)c(Cl)c2)CC(=O)N1. The lowest BCUT2D eigenvalue weighted by molar-refractivity contribution is -0.136. The van der Waals surface area contributed by atoms with Gasteiger partial charge in [0.25, 0.3) is 0 Å². The van der Waals surface area contributed by atoms with Crippen LogP contribution in [0.2, 0.25) is 5.02 Å². The maximum absolute atomic E-state index is 12.9. The highest BCUT2D eigenvalue weighted by Gasteiger charge is 2.22. The number of hydrogen-bond acceptors (Lipinski definition) is 3. The van der Waals surface area contributed by atoms with Crippen LogP contribution in [0.3, 0.4) is 0 Å². The molecule has 2 amide bonds. The third-order valence-electron chi connectivity index (χ3n) is 2.40. The van der Waals surface area contributed by atoms with Gasteiger partial charge >= 0.3 is 0 Å². The zero-order valence-electron chi connectivity index (χ0n) is 8.87.